The standard InChI is InChI=1S/C16H28N2O10/c1-6(21)17-8-5-26-10(4-20)15(12(8)23)28-16-11(18-7(2)22)14(25)13(24)9(3-19)27-16/h8-16,19-20,23-25H,3-5H2,1-2H3,(H,17,21)(H,18,22)/t8-,9?,10?,11+,12?,13-,14?,15-,16+/m1/s1. The van der Waals surface area contributed by atoms with Crippen LogP contribution in [0.15, 0.2) is 0 Å². The predicted octanol–water partition coefficient (Wildman–Crippen LogP) is -4.43. The van der Waals surface area contributed by atoms with Gasteiger partial charge in [0, 0.05) is 13.8 Å². The third kappa shape index (κ3) is 5.15. The van der Waals surface area contributed by atoms with Gasteiger partial charge in [-0.2, -0.15) is 0 Å². The lowest BCUT2D eigenvalue weighted by Crippen LogP contribution is -2.67. The number of rotatable bonds is 6. The molecule has 28 heavy (non-hydrogen) atoms. The molecule has 12 nitrogen and oxygen atoms in total. The Morgan fingerprint density at radius 3 is 2.11 bits per heavy atom. The molecular weight excluding hydrogens is 380 g/mol. The fourth-order valence-electron chi connectivity index (χ4n) is 3.32. The average molecular weight is 408 g/mol. The molecule has 0 aromatic carbocycles. The van der Waals surface area contributed by atoms with E-state index in [9.17, 15) is 35.1 Å². The average Bonchev–Trinajstić information content (AvgIpc) is 2.63. The van der Waals surface area contributed by atoms with Gasteiger partial charge >= 0.3 is 0 Å². The number of aliphatic hydroxyl groups is 5. The molecule has 2 amide bonds. The monoisotopic (exact) mass is 408 g/mol. The van der Waals surface area contributed by atoms with Crippen LogP contribution in [0.2, 0.25) is 0 Å². The van der Waals surface area contributed by atoms with Crippen molar-refractivity contribution in [2.45, 2.75) is 68.8 Å². The molecule has 0 spiro atoms. The van der Waals surface area contributed by atoms with Gasteiger partial charge in [0.25, 0.3) is 0 Å². The molecule has 0 aromatic heterocycles. The lowest BCUT2D eigenvalue weighted by atomic mass is 9.95. The fourth-order valence-corrected chi connectivity index (χ4v) is 3.32. The minimum absolute atomic E-state index is 0.0624. The Balaban J connectivity index is 2.22. The lowest BCUT2D eigenvalue weighted by Gasteiger charge is -2.46. The maximum absolute atomic E-state index is 11.5. The molecule has 0 saturated carbocycles. The Morgan fingerprint density at radius 2 is 1.57 bits per heavy atom. The summed E-state index contributed by atoms with van der Waals surface area (Å²) in [4.78, 5) is 22.8. The highest BCUT2D eigenvalue weighted by molar-refractivity contribution is 5.73. The number of amides is 2. The molecule has 12 heteroatoms. The van der Waals surface area contributed by atoms with Crippen molar-refractivity contribution in [3.8, 4) is 0 Å². The second-order valence-corrected chi connectivity index (χ2v) is 6.89. The maximum Gasteiger partial charge on any atom is 0.217 e. The van der Waals surface area contributed by atoms with Gasteiger partial charge in [0.15, 0.2) is 6.29 Å². The van der Waals surface area contributed by atoms with E-state index in [2.05, 4.69) is 10.6 Å². The zero-order valence-corrected chi connectivity index (χ0v) is 15.6. The van der Waals surface area contributed by atoms with Crippen molar-refractivity contribution < 1.29 is 49.3 Å². The van der Waals surface area contributed by atoms with Crippen molar-refractivity contribution in [2.24, 2.45) is 0 Å². The molecule has 2 saturated heterocycles. The SMILES string of the molecule is CC(=O)N[C@@H]1COC(CO)[C@@H](O[C@@H]2OC(CO)[C@@H](O)C(O)[C@@H]2NC(C)=O)C1O. The third-order valence-electron chi connectivity index (χ3n) is 4.72. The van der Waals surface area contributed by atoms with Crippen LogP contribution in [-0.4, -0.2) is 112 Å². The molecule has 0 bridgehead atoms. The maximum atomic E-state index is 11.5. The summed E-state index contributed by atoms with van der Waals surface area (Å²) in [5, 5.41) is 54.7. The first-order chi connectivity index (χ1) is 13.2. The molecule has 9 atom stereocenters. The van der Waals surface area contributed by atoms with E-state index < -0.39 is 80.0 Å². The zero-order chi connectivity index (χ0) is 21.0. The van der Waals surface area contributed by atoms with E-state index in [1.54, 1.807) is 0 Å². The quantitative estimate of drug-likeness (QED) is 0.226. The minimum atomic E-state index is -1.53. The smallest absolute Gasteiger partial charge is 0.217 e. The van der Waals surface area contributed by atoms with Crippen molar-refractivity contribution in [3.63, 3.8) is 0 Å². The summed E-state index contributed by atoms with van der Waals surface area (Å²) < 4.78 is 16.6. The van der Waals surface area contributed by atoms with Crippen LogP contribution in [0, 0.1) is 0 Å². The molecule has 2 aliphatic rings. The van der Waals surface area contributed by atoms with E-state index >= 15 is 0 Å². The number of ether oxygens (including phenoxy) is 3. The first-order valence-corrected chi connectivity index (χ1v) is 8.92. The van der Waals surface area contributed by atoms with E-state index in [1.165, 1.54) is 13.8 Å². The summed E-state index contributed by atoms with van der Waals surface area (Å²) in [5.41, 5.74) is 0. The van der Waals surface area contributed by atoms with Crippen molar-refractivity contribution in [1.82, 2.24) is 10.6 Å². The molecule has 0 aromatic rings. The molecule has 2 fully saturated rings. The molecule has 162 valence electrons. The van der Waals surface area contributed by atoms with Crippen LogP contribution in [0.4, 0.5) is 0 Å². The van der Waals surface area contributed by atoms with Crippen LogP contribution in [0.5, 0.6) is 0 Å². The topological polar surface area (TPSA) is 187 Å². The van der Waals surface area contributed by atoms with Gasteiger partial charge in [0.1, 0.15) is 42.7 Å². The van der Waals surface area contributed by atoms with E-state index in [1.807, 2.05) is 0 Å². The number of hydrogen-bond donors (Lipinski definition) is 7. The second kappa shape index (κ2) is 9.89. The summed E-state index contributed by atoms with van der Waals surface area (Å²) in [7, 11) is 0. The van der Waals surface area contributed by atoms with Crippen molar-refractivity contribution in [1.29, 1.82) is 0 Å². The number of hydrogen-bond acceptors (Lipinski definition) is 10. The third-order valence-corrected chi connectivity index (χ3v) is 4.72. The van der Waals surface area contributed by atoms with Crippen LogP contribution in [0.25, 0.3) is 0 Å². The highest BCUT2D eigenvalue weighted by Gasteiger charge is 2.49. The number of carbonyl (C=O) groups is 2. The summed E-state index contributed by atoms with van der Waals surface area (Å²) in [6.45, 7) is 1.25. The number of aliphatic hydroxyl groups excluding tert-OH is 5. The summed E-state index contributed by atoms with van der Waals surface area (Å²) in [6, 6.07) is -2.04. The Bertz CT molecular complexity index is 550. The van der Waals surface area contributed by atoms with Crippen LogP contribution >= 0.6 is 0 Å². The van der Waals surface area contributed by atoms with Gasteiger partial charge in [0.05, 0.1) is 25.9 Å². The summed E-state index contributed by atoms with van der Waals surface area (Å²) in [6.07, 6.45) is -9.07. The van der Waals surface area contributed by atoms with Gasteiger partial charge in [0.2, 0.25) is 11.8 Å². The Kier molecular flexibility index (Phi) is 8.09. The highest BCUT2D eigenvalue weighted by Crippen LogP contribution is 2.27. The van der Waals surface area contributed by atoms with E-state index in [4.69, 9.17) is 14.2 Å². The van der Waals surface area contributed by atoms with Crippen molar-refractivity contribution in [2.75, 3.05) is 19.8 Å². The van der Waals surface area contributed by atoms with Crippen molar-refractivity contribution in [3.05, 3.63) is 0 Å². The molecule has 2 aliphatic heterocycles. The normalized spacial score (nSPS) is 41.3. The predicted molar refractivity (Wildman–Crippen MR) is 90.7 cm³/mol. The van der Waals surface area contributed by atoms with Crippen LogP contribution in [0.1, 0.15) is 13.8 Å². The van der Waals surface area contributed by atoms with Gasteiger partial charge in [-0.25, -0.2) is 0 Å². The van der Waals surface area contributed by atoms with Gasteiger partial charge < -0.3 is 50.4 Å². The van der Waals surface area contributed by atoms with Gasteiger partial charge in [-0.05, 0) is 0 Å². The van der Waals surface area contributed by atoms with E-state index in [0.717, 1.165) is 0 Å². The Hall–Kier alpha value is -1.38. The van der Waals surface area contributed by atoms with Crippen LogP contribution in [-0.2, 0) is 23.8 Å². The van der Waals surface area contributed by atoms with Gasteiger partial charge in [-0.3, -0.25) is 9.59 Å². The molecule has 4 unspecified atom stereocenters. The molecular formula is C16H28N2O10. The van der Waals surface area contributed by atoms with Gasteiger partial charge in [-0.15, -0.1) is 0 Å². The highest BCUT2D eigenvalue weighted by atomic mass is 16.7. The Labute approximate surface area is 161 Å². The Morgan fingerprint density at radius 1 is 0.964 bits per heavy atom. The summed E-state index contributed by atoms with van der Waals surface area (Å²) >= 11 is 0. The second-order valence-electron chi connectivity index (χ2n) is 6.89. The van der Waals surface area contributed by atoms with Crippen LogP contribution < -0.4 is 10.6 Å². The molecule has 2 rings (SSSR count). The molecule has 0 radical (unpaired) electrons. The first-order valence-electron chi connectivity index (χ1n) is 8.92. The van der Waals surface area contributed by atoms with Crippen molar-refractivity contribution >= 4 is 11.8 Å². The van der Waals surface area contributed by atoms with E-state index in [-0.39, 0.29) is 6.61 Å². The lowest BCUT2D eigenvalue weighted by molar-refractivity contribution is -0.309. The first kappa shape index (κ1) is 22.9. The number of nitrogens with one attached hydrogen (secondary N) is 2. The minimum Gasteiger partial charge on any atom is -0.394 e. The zero-order valence-electron chi connectivity index (χ0n) is 15.6. The fraction of sp³-hybridized carbons (Fsp3) is 0.875. The van der Waals surface area contributed by atoms with Gasteiger partial charge in [-0.1, -0.05) is 0 Å². The number of carbonyl (C=O) groups excluding carboxylic acids is 2. The van der Waals surface area contributed by atoms with E-state index in [0.29, 0.717) is 0 Å². The summed E-state index contributed by atoms with van der Waals surface area (Å²) in [5.74, 6) is -0.941. The molecule has 0 aliphatic carbocycles. The molecule has 7 N–H and O–H groups in total. The van der Waals surface area contributed by atoms with Crippen LogP contribution in [0.3, 0.4) is 0 Å². The largest absolute Gasteiger partial charge is 0.394 e. The molecule has 2 heterocycles.